The van der Waals surface area contributed by atoms with Gasteiger partial charge in [0, 0.05) is 7.05 Å². The summed E-state index contributed by atoms with van der Waals surface area (Å²) in [6, 6.07) is 3.68. The van der Waals surface area contributed by atoms with Gasteiger partial charge < -0.3 is 9.84 Å². The van der Waals surface area contributed by atoms with Crippen molar-refractivity contribution in [3.05, 3.63) is 23.8 Å². The zero-order valence-electron chi connectivity index (χ0n) is 11.2. The van der Waals surface area contributed by atoms with Crippen molar-refractivity contribution in [1.29, 1.82) is 0 Å². The van der Waals surface area contributed by atoms with Gasteiger partial charge in [0.25, 0.3) is 0 Å². The Labute approximate surface area is 118 Å². The molecule has 0 aliphatic carbocycles. The minimum absolute atomic E-state index is 0.0993. The maximum atomic E-state index is 12.2. The highest BCUT2D eigenvalue weighted by Gasteiger charge is 2.23. The van der Waals surface area contributed by atoms with E-state index in [1.54, 1.807) is 6.92 Å². The average Bonchev–Trinajstić information content (AvgIpc) is 2.39. The number of benzene rings is 1. The first-order chi connectivity index (χ1) is 9.34. The highest BCUT2D eigenvalue weighted by atomic mass is 32.2. The van der Waals surface area contributed by atoms with E-state index in [1.165, 1.54) is 19.2 Å². The molecule has 0 fully saturated rings. The molecule has 1 N–H and O–H groups in total. The van der Waals surface area contributed by atoms with Crippen molar-refractivity contribution in [3.8, 4) is 18.1 Å². The quantitative estimate of drug-likeness (QED) is 0.793. The molecule has 0 atom stereocenters. The molecule has 0 unspecified atom stereocenters. The zero-order valence-corrected chi connectivity index (χ0v) is 12.0. The number of carboxylic acid groups (broad SMARTS) is 1. The summed E-state index contributed by atoms with van der Waals surface area (Å²) in [6.45, 7) is 1.89. The highest BCUT2D eigenvalue weighted by molar-refractivity contribution is 7.89. The standard InChI is InChI=1S/C13H15NO5S/c1-4-8-14(3)20(17,18)10-6-7-12(19-5-2)11(9-10)13(15)16/h1,6-7,9H,5,8H2,2-3H3,(H,15,16). The van der Waals surface area contributed by atoms with E-state index in [4.69, 9.17) is 16.3 Å². The molecule has 0 radical (unpaired) electrons. The number of carboxylic acids is 1. The number of aromatic carboxylic acids is 1. The lowest BCUT2D eigenvalue weighted by atomic mass is 10.2. The third-order valence-corrected chi connectivity index (χ3v) is 4.30. The van der Waals surface area contributed by atoms with Crippen LogP contribution in [0.3, 0.4) is 0 Å². The third-order valence-electron chi connectivity index (χ3n) is 2.50. The van der Waals surface area contributed by atoms with E-state index < -0.39 is 16.0 Å². The zero-order chi connectivity index (χ0) is 15.3. The molecule has 0 amide bonds. The lowest BCUT2D eigenvalue weighted by molar-refractivity contribution is 0.0692. The summed E-state index contributed by atoms with van der Waals surface area (Å²) in [5, 5.41) is 9.10. The van der Waals surface area contributed by atoms with Crippen LogP contribution in [0.2, 0.25) is 0 Å². The lowest BCUT2D eigenvalue weighted by Crippen LogP contribution is -2.27. The van der Waals surface area contributed by atoms with Gasteiger partial charge in [-0.2, -0.15) is 4.31 Å². The summed E-state index contributed by atoms with van der Waals surface area (Å²) in [7, 11) is -2.49. The monoisotopic (exact) mass is 297 g/mol. The number of ether oxygens (including phenoxy) is 1. The van der Waals surface area contributed by atoms with Crippen LogP contribution >= 0.6 is 0 Å². The number of hydrogen-bond donors (Lipinski definition) is 1. The van der Waals surface area contributed by atoms with Gasteiger partial charge in [0.2, 0.25) is 10.0 Å². The predicted molar refractivity (Wildman–Crippen MR) is 73.2 cm³/mol. The molecule has 1 rings (SSSR count). The number of terminal acetylenes is 1. The Hall–Kier alpha value is -2.04. The van der Waals surface area contributed by atoms with E-state index in [2.05, 4.69) is 5.92 Å². The second-order valence-corrected chi connectivity index (χ2v) is 5.91. The molecular weight excluding hydrogens is 282 g/mol. The first-order valence-electron chi connectivity index (χ1n) is 5.74. The summed E-state index contributed by atoms with van der Waals surface area (Å²) < 4.78 is 30.4. The molecule has 1 aromatic carbocycles. The Morgan fingerprint density at radius 3 is 2.65 bits per heavy atom. The van der Waals surface area contributed by atoms with Gasteiger partial charge in [-0.25, -0.2) is 13.2 Å². The topological polar surface area (TPSA) is 83.9 Å². The molecule has 0 saturated heterocycles. The fourth-order valence-electron chi connectivity index (χ4n) is 1.51. The summed E-state index contributed by atoms with van der Waals surface area (Å²) in [4.78, 5) is 11.0. The molecule has 0 bridgehead atoms. The molecule has 0 aromatic heterocycles. The van der Waals surface area contributed by atoms with E-state index in [-0.39, 0.29) is 29.4 Å². The Bertz CT molecular complexity index is 645. The van der Waals surface area contributed by atoms with Crippen LogP contribution in [-0.2, 0) is 10.0 Å². The normalized spacial score (nSPS) is 11.1. The van der Waals surface area contributed by atoms with Gasteiger partial charge in [0.1, 0.15) is 11.3 Å². The maximum absolute atomic E-state index is 12.2. The van der Waals surface area contributed by atoms with Gasteiger partial charge >= 0.3 is 5.97 Å². The molecule has 20 heavy (non-hydrogen) atoms. The van der Waals surface area contributed by atoms with Crippen LogP contribution in [0.1, 0.15) is 17.3 Å². The van der Waals surface area contributed by atoms with Crippen LogP contribution in [0, 0.1) is 12.3 Å². The minimum Gasteiger partial charge on any atom is -0.493 e. The molecule has 1 aromatic rings. The molecule has 0 spiro atoms. The van der Waals surface area contributed by atoms with Crippen molar-refractivity contribution < 1.29 is 23.1 Å². The van der Waals surface area contributed by atoms with E-state index in [0.717, 1.165) is 10.4 Å². The second kappa shape index (κ2) is 6.41. The Morgan fingerprint density at radius 2 is 2.15 bits per heavy atom. The molecular formula is C13H15NO5S. The Kier molecular flexibility index (Phi) is 5.13. The highest BCUT2D eigenvalue weighted by Crippen LogP contribution is 2.24. The summed E-state index contributed by atoms with van der Waals surface area (Å²) in [5.41, 5.74) is -0.206. The van der Waals surface area contributed by atoms with Gasteiger partial charge in [-0.15, -0.1) is 6.42 Å². The number of nitrogens with zero attached hydrogens (tertiary/aromatic N) is 1. The van der Waals surface area contributed by atoms with E-state index in [9.17, 15) is 13.2 Å². The smallest absolute Gasteiger partial charge is 0.339 e. The van der Waals surface area contributed by atoms with Crippen molar-refractivity contribution in [2.45, 2.75) is 11.8 Å². The lowest BCUT2D eigenvalue weighted by Gasteiger charge is -2.15. The fraction of sp³-hybridized carbons (Fsp3) is 0.308. The molecule has 6 nitrogen and oxygen atoms in total. The second-order valence-electron chi connectivity index (χ2n) is 3.86. The van der Waals surface area contributed by atoms with Crippen LogP contribution in [0.25, 0.3) is 0 Å². The van der Waals surface area contributed by atoms with Gasteiger partial charge in [-0.1, -0.05) is 5.92 Å². The molecule has 108 valence electrons. The summed E-state index contributed by atoms with van der Waals surface area (Å²) in [6.07, 6.45) is 5.08. The number of rotatable bonds is 6. The van der Waals surface area contributed by atoms with Gasteiger partial charge in [-0.05, 0) is 25.1 Å². The molecule has 0 aliphatic heterocycles. The fourth-order valence-corrected chi connectivity index (χ4v) is 2.62. The van der Waals surface area contributed by atoms with Crippen LogP contribution < -0.4 is 4.74 Å². The van der Waals surface area contributed by atoms with Crippen molar-refractivity contribution in [1.82, 2.24) is 4.31 Å². The van der Waals surface area contributed by atoms with Crippen molar-refractivity contribution >= 4 is 16.0 Å². The molecule has 0 saturated carbocycles. The van der Waals surface area contributed by atoms with Crippen molar-refractivity contribution in [3.63, 3.8) is 0 Å². The van der Waals surface area contributed by atoms with Crippen LogP contribution in [-0.4, -0.2) is 44.0 Å². The third kappa shape index (κ3) is 3.29. The van der Waals surface area contributed by atoms with E-state index in [0.29, 0.717) is 0 Å². The van der Waals surface area contributed by atoms with E-state index >= 15 is 0 Å². The van der Waals surface area contributed by atoms with Crippen LogP contribution in [0.15, 0.2) is 23.1 Å². The van der Waals surface area contributed by atoms with Crippen LogP contribution in [0.5, 0.6) is 5.75 Å². The van der Waals surface area contributed by atoms with E-state index in [1.807, 2.05) is 0 Å². The van der Waals surface area contributed by atoms with Crippen molar-refractivity contribution in [2.24, 2.45) is 0 Å². The first kappa shape index (κ1) is 16.0. The van der Waals surface area contributed by atoms with Crippen LogP contribution in [0.4, 0.5) is 0 Å². The Morgan fingerprint density at radius 1 is 1.50 bits per heavy atom. The minimum atomic E-state index is -3.82. The maximum Gasteiger partial charge on any atom is 0.339 e. The summed E-state index contributed by atoms with van der Waals surface area (Å²) in [5.74, 6) is 1.08. The van der Waals surface area contributed by atoms with Gasteiger partial charge in [0.05, 0.1) is 18.0 Å². The molecule has 7 heteroatoms. The number of carbonyl (C=O) groups is 1. The SMILES string of the molecule is C#CCN(C)S(=O)(=O)c1ccc(OCC)c(C(=O)O)c1. The summed E-state index contributed by atoms with van der Waals surface area (Å²) >= 11 is 0. The number of hydrogen-bond acceptors (Lipinski definition) is 4. The van der Waals surface area contributed by atoms with Crippen molar-refractivity contribution in [2.75, 3.05) is 20.2 Å². The average molecular weight is 297 g/mol. The largest absolute Gasteiger partial charge is 0.493 e. The Balaban J connectivity index is 3.32. The number of sulfonamides is 1. The molecule has 0 heterocycles. The molecule has 0 aliphatic rings. The van der Waals surface area contributed by atoms with Gasteiger partial charge in [0.15, 0.2) is 0 Å². The predicted octanol–water partition coefficient (Wildman–Crippen LogP) is 1.04. The van der Waals surface area contributed by atoms with Gasteiger partial charge in [-0.3, -0.25) is 0 Å². The first-order valence-corrected chi connectivity index (χ1v) is 7.18.